The summed E-state index contributed by atoms with van der Waals surface area (Å²) in [5.41, 5.74) is 1.50. The van der Waals surface area contributed by atoms with E-state index in [1.165, 1.54) is 12.1 Å². The second kappa shape index (κ2) is 6.67. The smallest absolute Gasteiger partial charge is 0.269 e. The Kier molecular flexibility index (Phi) is 4.92. The van der Waals surface area contributed by atoms with Crippen molar-refractivity contribution < 1.29 is 14.8 Å². The number of piperidine rings is 1. The molecule has 0 atom stereocenters. The molecule has 1 heterocycles. The molecule has 110 valence electrons. The quantitative estimate of drug-likeness (QED) is 0.660. The van der Waals surface area contributed by atoms with E-state index in [2.05, 4.69) is 4.90 Å². The van der Waals surface area contributed by atoms with Gasteiger partial charge < -0.3 is 14.7 Å². The van der Waals surface area contributed by atoms with Crippen LogP contribution in [0.2, 0.25) is 0 Å². The molecule has 0 aromatic heterocycles. The average molecular weight is 280 g/mol. The predicted octanol–water partition coefficient (Wildman–Crippen LogP) is 2.09. The molecule has 0 amide bonds. The van der Waals surface area contributed by atoms with Gasteiger partial charge in [0.1, 0.15) is 0 Å². The van der Waals surface area contributed by atoms with Crippen LogP contribution in [0.25, 0.3) is 0 Å². The fraction of sp³-hybridized carbons (Fsp3) is 0.571. The monoisotopic (exact) mass is 280 g/mol. The molecule has 0 radical (unpaired) electrons. The summed E-state index contributed by atoms with van der Waals surface area (Å²) in [6.45, 7) is 4.21. The van der Waals surface area contributed by atoms with E-state index in [1.54, 1.807) is 6.07 Å². The second-order valence-corrected chi connectivity index (χ2v) is 4.87. The first-order chi connectivity index (χ1) is 9.65. The van der Waals surface area contributed by atoms with E-state index in [1.807, 2.05) is 6.92 Å². The molecule has 1 saturated heterocycles. The molecule has 1 aliphatic heterocycles. The highest BCUT2D eigenvalue weighted by Crippen LogP contribution is 2.28. The maximum absolute atomic E-state index is 10.8. The lowest BCUT2D eigenvalue weighted by atomic mass is 10.0. The zero-order chi connectivity index (χ0) is 14.5. The number of nitro benzene ring substituents is 1. The van der Waals surface area contributed by atoms with Crippen LogP contribution >= 0.6 is 0 Å². The summed E-state index contributed by atoms with van der Waals surface area (Å²) in [7, 11) is 0. The third kappa shape index (κ3) is 3.26. The van der Waals surface area contributed by atoms with Crippen LogP contribution in [0, 0.1) is 10.1 Å². The van der Waals surface area contributed by atoms with Crippen LogP contribution in [0.4, 0.5) is 11.4 Å². The predicted molar refractivity (Wildman–Crippen MR) is 75.9 cm³/mol. The van der Waals surface area contributed by atoms with Crippen molar-refractivity contribution in [2.24, 2.45) is 0 Å². The van der Waals surface area contributed by atoms with Crippen LogP contribution in [0.3, 0.4) is 0 Å². The molecule has 1 aromatic carbocycles. The number of aliphatic hydroxyl groups excluding tert-OH is 1. The van der Waals surface area contributed by atoms with E-state index in [4.69, 9.17) is 4.74 Å². The van der Waals surface area contributed by atoms with Crippen molar-refractivity contribution >= 4 is 11.4 Å². The van der Waals surface area contributed by atoms with E-state index < -0.39 is 4.92 Å². The molecule has 0 spiro atoms. The molecular weight excluding hydrogens is 260 g/mol. The van der Waals surface area contributed by atoms with E-state index >= 15 is 0 Å². The number of benzene rings is 1. The fourth-order valence-corrected chi connectivity index (χ4v) is 2.62. The van der Waals surface area contributed by atoms with E-state index in [9.17, 15) is 15.2 Å². The molecule has 0 saturated carbocycles. The molecule has 2 rings (SSSR count). The van der Waals surface area contributed by atoms with Crippen molar-refractivity contribution in [2.75, 3.05) is 24.6 Å². The van der Waals surface area contributed by atoms with Crippen LogP contribution < -0.4 is 4.90 Å². The zero-order valence-electron chi connectivity index (χ0n) is 11.6. The number of rotatable bonds is 5. The van der Waals surface area contributed by atoms with Gasteiger partial charge in [-0.1, -0.05) is 0 Å². The van der Waals surface area contributed by atoms with Gasteiger partial charge in [-0.2, -0.15) is 0 Å². The van der Waals surface area contributed by atoms with Gasteiger partial charge in [0.2, 0.25) is 0 Å². The lowest BCUT2D eigenvalue weighted by molar-refractivity contribution is -0.384. The van der Waals surface area contributed by atoms with Crippen LogP contribution in [0.1, 0.15) is 25.3 Å². The molecule has 6 nitrogen and oxygen atoms in total. The Labute approximate surface area is 118 Å². The largest absolute Gasteiger partial charge is 0.392 e. The van der Waals surface area contributed by atoms with Crippen LogP contribution in [-0.4, -0.2) is 35.8 Å². The lowest BCUT2D eigenvalue weighted by Crippen LogP contribution is -2.37. The van der Waals surface area contributed by atoms with E-state index in [0.29, 0.717) is 11.7 Å². The molecule has 20 heavy (non-hydrogen) atoms. The van der Waals surface area contributed by atoms with Gasteiger partial charge >= 0.3 is 0 Å². The van der Waals surface area contributed by atoms with Crippen molar-refractivity contribution in [3.8, 4) is 0 Å². The van der Waals surface area contributed by atoms with Crippen molar-refractivity contribution in [1.82, 2.24) is 0 Å². The van der Waals surface area contributed by atoms with Gasteiger partial charge in [0.25, 0.3) is 5.69 Å². The summed E-state index contributed by atoms with van der Waals surface area (Å²) in [6.07, 6.45) is 2.18. The summed E-state index contributed by atoms with van der Waals surface area (Å²) in [5, 5.41) is 20.2. The van der Waals surface area contributed by atoms with E-state index in [0.717, 1.165) is 38.2 Å². The average Bonchev–Trinajstić information content (AvgIpc) is 2.47. The lowest BCUT2D eigenvalue weighted by Gasteiger charge is -2.34. The first-order valence-electron chi connectivity index (χ1n) is 6.90. The van der Waals surface area contributed by atoms with Gasteiger partial charge in [0.15, 0.2) is 0 Å². The summed E-state index contributed by atoms with van der Waals surface area (Å²) in [4.78, 5) is 12.5. The highest BCUT2D eigenvalue weighted by Gasteiger charge is 2.22. The first-order valence-corrected chi connectivity index (χ1v) is 6.90. The molecule has 1 aromatic rings. The summed E-state index contributed by atoms with van der Waals surface area (Å²) in [6, 6.07) is 4.66. The number of hydrogen-bond acceptors (Lipinski definition) is 5. The van der Waals surface area contributed by atoms with Crippen molar-refractivity contribution in [3.05, 3.63) is 33.9 Å². The minimum Gasteiger partial charge on any atom is -0.392 e. The van der Waals surface area contributed by atoms with Gasteiger partial charge in [-0.15, -0.1) is 0 Å². The number of non-ortho nitro benzene ring substituents is 1. The number of aliphatic hydroxyl groups is 1. The SMILES string of the molecule is CCOC1CCN(c2ccc([N+](=O)[O-])cc2CO)CC1. The molecular formula is C14H20N2O4. The Balaban J connectivity index is 2.11. The Morgan fingerprint density at radius 2 is 2.15 bits per heavy atom. The highest BCUT2D eigenvalue weighted by atomic mass is 16.6. The van der Waals surface area contributed by atoms with Crippen molar-refractivity contribution in [2.45, 2.75) is 32.5 Å². The third-order valence-corrected chi connectivity index (χ3v) is 3.63. The van der Waals surface area contributed by atoms with Gasteiger partial charge in [-0.3, -0.25) is 10.1 Å². The third-order valence-electron chi connectivity index (χ3n) is 3.63. The number of nitrogens with zero attached hydrogens (tertiary/aromatic N) is 2. The normalized spacial score (nSPS) is 16.4. The second-order valence-electron chi connectivity index (χ2n) is 4.87. The maximum Gasteiger partial charge on any atom is 0.269 e. The standard InChI is InChI=1S/C14H20N2O4/c1-2-20-13-5-7-15(8-6-13)14-4-3-12(16(18)19)9-11(14)10-17/h3-4,9,13,17H,2,5-8,10H2,1H3. The number of ether oxygens (including phenoxy) is 1. The van der Waals surface area contributed by atoms with Crippen molar-refractivity contribution in [1.29, 1.82) is 0 Å². The Morgan fingerprint density at radius 1 is 1.45 bits per heavy atom. The Bertz CT molecular complexity index is 470. The minimum absolute atomic E-state index is 0.0157. The first kappa shape index (κ1) is 14.7. The van der Waals surface area contributed by atoms with Crippen LogP contribution in [0.5, 0.6) is 0 Å². The zero-order valence-corrected chi connectivity index (χ0v) is 11.6. The number of hydrogen-bond donors (Lipinski definition) is 1. The maximum atomic E-state index is 10.8. The molecule has 0 aliphatic carbocycles. The molecule has 1 N–H and O–H groups in total. The molecule has 0 unspecified atom stereocenters. The topological polar surface area (TPSA) is 75.8 Å². The molecule has 1 fully saturated rings. The Morgan fingerprint density at radius 3 is 2.70 bits per heavy atom. The van der Waals surface area contributed by atoms with Gasteiger partial charge in [-0.25, -0.2) is 0 Å². The summed E-state index contributed by atoms with van der Waals surface area (Å²) >= 11 is 0. The molecule has 1 aliphatic rings. The molecule has 6 heteroatoms. The van der Waals surface area contributed by atoms with Gasteiger partial charge in [-0.05, 0) is 25.8 Å². The summed E-state index contributed by atoms with van der Waals surface area (Å²) < 4.78 is 5.61. The number of anilines is 1. The van der Waals surface area contributed by atoms with Gasteiger partial charge in [0.05, 0.1) is 17.6 Å². The van der Waals surface area contributed by atoms with Gasteiger partial charge in [0, 0.05) is 43.1 Å². The van der Waals surface area contributed by atoms with Crippen LogP contribution in [-0.2, 0) is 11.3 Å². The minimum atomic E-state index is -0.440. The fourth-order valence-electron chi connectivity index (χ4n) is 2.62. The summed E-state index contributed by atoms with van der Waals surface area (Å²) in [5.74, 6) is 0. The Hall–Kier alpha value is -1.66. The van der Waals surface area contributed by atoms with E-state index in [-0.39, 0.29) is 12.3 Å². The number of nitro groups is 1. The van der Waals surface area contributed by atoms with Crippen LogP contribution in [0.15, 0.2) is 18.2 Å². The van der Waals surface area contributed by atoms with Crippen molar-refractivity contribution in [3.63, 3.8) is 0 Å². The highest BCUT2D eigenvalue weighted by molar-refractivity contribution is 5.58. The molecule has 0 bridgehead atoms.